The minimum absolute atomic E-state index is 0.142. The molecule has 1 unspecified atom stereocenters. The van der Waals surface area contributed by atoms with Gasteiger partial charge in [-0.25, -0.2) is 0 Å². The first kappa shape index (κ1) is 18.3. The van der Waals surface area contributed by atoms with Crippen LogP contribution in [0, 0.1) is 6.92 Å². The Morgan fingerprint density at radius 3 is 2.52 bits per heavy atom. The third-order valence-electron chi connectivity index (χ3n) is 4.58. The van der Waals surface area contributed by atoms with Crippen LogP contribution in [0.3, 0.4) is 0 Å². The van der Waals surface area contributed by atoms with Crippen LogP contribution in [0.5, 0.6) is 0 Å². The first-order valence-corrected chi connectivity index (χ1v) is 9.82. The Morgan fingerprint density at radius 1 is 1.12 bits per heavy atom. The second-order valence-electron chi connectivity index (χ2n) is 6.41. The maximum absolute atomic E-state index is 12.7. The van der Waals surface area contributed by atoms with Gasteiger partial charge >= 0.3 is 0 Å². The summed E-state index contributed by atoms with van der Waals surface area (Å²) in [7, 11) is 0. The van der Waals surface area contributed by atoms with E-state index in [0.717, 1.165) is 31.7 Å². The number of halogens is 2. The smallest absolute Gasteiger partial charge is 0.236 e. The monoisotopic (exact) mass is 420 g/mol. The van der Waals surface area contributed by atoms with E-state index in [-0.39, 0.29) is 10.7 Å². The van der Waals surface area contributed by atoms with Gasteiger partial charge in [0, 0.05) is 36.9 Å². The Kier molecular flexibility index (Phi) is 6.02. The van der Waals surface area contributed by atoms with Crippen molar-refractivity contribution in [3.8, 4) is 0 Å². The maximum atomic E-state index is 12.7. The van der Waals surface area contributed by atoms with Gasteiger partial charge < -0.3 is 9.80 Å². The molecule has 1 saturated heterocycles. The highest BCUT2D eigenvalue weighted by molar-refractivity contribution is 9.10. The number of rotatable bonds is 4. The fourth-order valence-corrected chi connectivity index (χ4v) is 4.00. The van der Waals surface area contributed by atoms with Crippen molar-refractivity contribution in [3.05, 3.63) is 64.7 Å². The molecule has 132 valence electrons. The number of piperazine rings is 1. The third-order valence-corrected chi connectivity index (χ3v) is 5.67. The minimum Gasteiger partial charge on any atom is -0.368 e. The van der Waals surface area contributed by atoms with Crippen LogP contribution in [0.15, 0.2) is 48.5 Å². The van der Waals surface area contributed by atoms with Crippen molar-refractivity contribution < 1.29 is 4.79 Å². The van der Waals surface area contributed by atoms with Gasteiger partial charge in [0.1, 0.15) is 0 Å². The molecule has 3 rings (SSSR count). The zero-order valence-electron chi connectivity index (χ0n) is 14.3. The van der Waals surface area contributed by atoms with Crippen molar-refractivity contribution in [2.75, 3.05) is 31.1 Å². The van der Waals surface area contributed by atoms with Gasteiger partial charge in [-0.1, -0.05) is 57.9 Å². The molecule has 1 aliphatic heterocycles. The summed E-state index contributed by atoms with van der Waals surface area (Å²) in [5.74, 6) is 0.142. The van der Waals surface area contributed by atoms with E-state index in [0.29, 0.717) is 11.4 Å². The van der Waals surface area contributed by atoms with Gasteiger partial charge in [-0.15, -0.1) is 0 Å². The van der Waals surface area contributed by atoms with E-state index in [4.69, 9.17) is 11.6 Å². The minimum atomic E-state index is -0.238. The van der Waals surface area contributed by atoms with E-state index in [1.54, 1.807) is 0 Å². The Labute approximate surface area is 162 Å². The molecule has 1 atom stereocenters. The van der Waals surface area contributed by atoms with Crippen LogP contribution in [0.1, 0.15) is 11.1 Å². The lowest BCUT2D eigenvalue weighted by atomic mass is 10.1. The highest BCUT2D eigenvalue weighted by Crippen LogP contribution is 2.22. The number of carbonyl (C=O) groups excluding carboxylic acids is 1. The van der Waals surface area contributed by atoms with Crippen molar-refractivity contribution in [1.29, 1.82) is 0 Å². The van der Waals surface area contributed by atoms with Crippen LogP contribution in [0.2, 0.25) is 5.02 Å². The van der Waals surface area contributed by atoms with Crippen LogP contribution >= 0.6 is 27.5 Å². The van der Waals surface area contributed by atoms with Crippen LogP contribution in [0.25, 0.3) is 0 Å². The molecular formula is C20H22BrClN2O. The summed E-state index contributed by atoms with van der Waals surface area (Å²) >= 11 is 9.76. The molecule has 0 bridgehead atoms. The SMILES string of the molecule is Cc1cccc(N2CCN(C(=O)C(Br)Cc3ccccc3Cl)CC2)c1. The molecule has 0 radical (unpaired) electrons. The van der Waals surface area contributed by atoms with E-state index < -0.39 is 0 Å². The van der Waals surface area contributed by atoms with Crippen LogP contribution < -0.4 is 4.90 Å². The van der Waals surface area contributed by atoms with E-state index in [1.165, 1.54) is 11.3 Å². The molecule has 0 aliphatic carbocycles. The lowest BCUT2D eigenvalue weighted by Crippen LogP contribution is -2.51. The maximum Gasteiger partial charge on any atom is 0.236 e. The zero-order valence-corrected chi connectivity index (χ0v) is 16.6. The molecule has 0 saturated carbocycles. The average Bonchev–Trinajstić information content (AvgIpc) is 2.63. The van der Waals surface area contributed by atoms with E-state index in [1.807, 2.05) is 29.2 Å². The van der Waals surface area contributed by atoms with E-state index in [2.05, 4.69) is 52.0 Å². The summed E-state index contributed by atoms with van der Waals surface area (Å²) in [6.45, 7) is 5.32. The van der Waals surface area contributed by atoms with Crippen molar-refractivity contribution >= 4 is 39.1 Å². The first-order valence-electron chi connectivity index (χ1n) is 8.52. The summed E-state index contributed by atoms with van der Waals surface area (Å²) in [5.41, 5.74) is 3.49. The number of alkyl halides is 1. The standard InChI is InChI=1S/C20H22BrClN2O/c1-15-5-4-7-17(13-15)23-9-11-24(12-10-23)20(25)18(21)14-16-6-2-3-8-19(16)22/h2-8,13,18H,9-12,14H2,1H3. The van der Waals surface area contributed by atoms with Crippen LogP contribution in [-0.4, -0.2) is 41.8 Å². The van der Waals surface area contributed by atoms with E-state index in [9.17, 15) is 4.79 Å². The number of aryl methyl sites for hydroxylation is 1. The molecule has 0 N–H and O–H groups in total. The van der Waals surface area contributed by atoms with Gasteiger partial charge in [-0.2, -0.15) is 0 Å². The van der Waals surface area contributed by atoms with Crippen molar-refractivity contribution in [1.82, 2.24) is 4.90 Å². The van der Waals surface area contributed by atoms with Crippen molar-refractivity contribution in [2.45, 2.75) is 18.2 Å². The molecule has 0 spiro atoms. The van der Waals surface area contributed by atoms with Gasteiger partial charge in [0.2, 0.25) is 5.91 Å². The number of hydrogen-bond donors (Lipinski definition) is 0. The highest BCUT2D eigenvalue weighted by Gasteiger charge is 2.26. The fourth-order valence-electron chi connectivity index (χ4n) is 3.15. The highest BCUT2D eigenvalue weighted by atomic mass is 79.9. The summed E-state index contributed by atoms with van der Waals surface area (Å²) in [4.78, 5) is 16.8. The van der Waals surface area contributed by atoms with Gasteiger partial charge in [0.15, 0.2) is 0 Å². The topological polar surface area (TPSA) is 23.6 Å². The predicted octanol–water partition coefficient (Wildman–Crippen LogP) is 4.30. The Morgan fingerprint density at radius 2 is 1.84 bits per heavy atom. The van der Waals surface area contributed by atoms with Crippen LogP contribution in [0.4, 0.5) is 5.69 Å². The summed E-state index contributed by atoms with van der Waals surface area (Å²) in [6.07, 6.45) is 0.608. The van der Waals surface area contributed by atoms with Crippen molar-refractivity contribution in [3.63, 3.8) is 0 Å². The summed E-state index contributed by atoms with van der Waals surface area (Å²) in [5, 5.41) is 0.712. The van der Waals surface area contributed by atoms with E-state index >= 15 is 0 Å². The van der Waals surface area contributed by atoms with Gasteiger partial charge in [-0.05, 0) is 42.7 Å². The second kappa shape index (κ2) is 8.24. The lowest BCUT2D eigenvalue weighted by molar-refractivity contribution is -0.130. The molecule has 0 aromatic heterocycles. The molecule has 1 heterocycles. The van der Waals surface area contributed by atoms with Crippen LogP contribution in [-0.2, 0) is 11.2 Å². The molecule has 2 aromatic rings. The quantitative estimate of drug-likeness (QED) is 0.687. The molecule has 5 heteroatoms. The number of nitrogens with zero attached hydrogens (tertiary/aromatic N) is 2. The molecule has 3 nitrogen and oxygen atoms in total. The molecule has 2 aromatic carbocycles. The Hall–Kier alpha value is -1.52. The Bertz CT molecular complexity index is 744. The average molecular weight is 422 g/mol. The molecule has 25 heavy (non-hydrogen) atoms. The Balaban J connectivity index is 1.57. The second-order valence-corrected chi connectivity index (χ2v) is 7.93. The van der Waals surface area contributed by atoms with Gasteiger partial charge in [0.25, 0.3) is 0 Å². The summed E-state index contributed by atoms with van der Waals surface area (Å²) < 4.78 is 0. The number of anilines is 1. The normalized spacial score (nSPS) is 16.0. The number of amides is 1. The van der Waals surface area contributed by atoms with Gasteiger partial charge in [-0.3, -0.25) is 4.79 Å². The number of hydrogen-bond acceptors (Lipinski definition) is 2. The largest absolute Gasteiger partial charge is 0.368 e. The molecule has 1 fully saturated rings. The number of carbonyl (C=O) groups is 1. The molecule has 1 aliphatic rings. The number of benzene rings is 2. The predicted molar refractivity (Wildman–Crippen MR) is 108 cm³/mol. The van der Waals surface area contributed by atoms with Crippen molar-refractivity contribution in [2.24, 2.45) is 0 Å². The summed E-state index contributed by atoms with van der Waals surface area (Å²) in [6, 6.07) is 16.2. The molecular weight excluding hydrogens is 400 g/mol. The molecule has 1 amide bonds. The fraction of sp³-hybridized carbons (Fsp3) is 0.350. The third kappa shape index (κ3) is 4.56. The lowest BCUT2D eigenvalue weighted by Gasteiger charge is -2.37. The first-order chi connectivity index (χ1) is 12.0. The zero-order chi connectivity index (χ0) is 17.8. The van der Waals surface area contributed by atoms with Gasteiger partial charge in [0.05, 0.1) is 4.83 Å².